The molecule has 0 aromatic heterocycles. The van der Waals surface area contributed by atoms with E-state index in [0.717, 1.165) is 37.8 Å². The van der Waals surface area contributed by atoms with Crippen LogP contribution in [0.4, 0.5) is 13.2 Å². The molecule has 1 saturated heterocycles. The fourth-order valence-electron chi connectivity index (χ4n) is 3.14. The van der Waals surface area contributed by atoms with Gasteiger partial charge in [0.2, 0.25) is 0 Å². The van der Waals surface area contributed by atoms with Gasteiger partial charge in [0.25, 0.3) is 0 Å². The zero-order valence-electron chi connectivity index (χ0n) is 13.3. The summed E-state index contributed by atoms with van der Waals surface area (Å²) >= 11 is 12.4. The number of halogens is 5. The first-order valence-corrected chi connectivity index (χ1v) is 8.69. The van der Waals surface area contributed by atoms with Crippen LogP contribution in [0.2, 0.25) is 10.0 Å². The number of piperazine rings is 1. The molecule has 0 bridgehead atoms. The van der Waals surface area contributed by atoms with Gasteiger partial charge in [-0.2, -0.15) is 13.2 Å². The van der Waals surface area contributed by atoms with E-state index in [4.69, 9.17) is 23.2 Å². The van der Waals surface area contributed by atoms with Crippen molar-refractivity contribution in [1.29, 1.82) is 0 Å². The summed E-state index contributed by atoms with van der Waals surface area (Å²) in [6.07, 6.45) is -4.38. The predicted molar refractivity (Wildman–Crippen MR) is 94.2 cm³/mol. The number of alkyl halides is 3. The fraction of sp³-hybridized carbons (Fsp3) is 0.333. The topological polar surface area (TPSA) is 15.3 Å². The van der Waals surface area contributed by atoms with Gasteiger partial charge in [-0.25, -0.2) is 0 Å². The molecule has 2 aromatic rings. The maximum Gasteiger partial charge on any atom is 0.416 e. The molecule has 0 spiro atoms. The first-order chi connectivity index (χ1) is 11.9. The molecule has 0 aliphatic carbocycles. The summed E-state index contributed by atoms with van der Waals surface area (Å²) in [5.74, 6) is 0. The molecule has 25 heavy (non-hydrogen) atoms. The number of hydrogen-bond donors (Lipinski definition) is 1. The lowest BCUT2D eigenvalue weighted by atomic mass is 9.95. The number of hydrogen-bond acceptors (Lipinski definition) is 2. The molecule has 0 amide bonds. The number of nitrogens with zero attached hydrogens (tertiary/aromatic N) is 1. The Bertz CT molecular complexity index is 743. The Balaban J connectivity index is 2.08. The summed E-state index contributed by atoms with van der Waals surface area (Å²) in [6.45, 7) is 3.00. The third kappa shape index (κ3) is 4.29. The summed E-state index contributed by atoms with van der Waals surface area (Å²) < 4.78 is 39.4. The van der Waals surface area contributed by atoms with Crippen LogP contribution >= 0.6 is 23.2 Å². The highest BCUT2D eigenvalue weighted by atomic mass is 35.5. The molecule has 7 heteroatoms. The summed E-state index contributed by atoms with van der Waals surface area (Å²) in [5.41, 5.74) is 0.670. The monoisotopic (exact) mass is 388 g/mol. The van der Waals surface area contributed by atoms with Gasteiger partial charge in [-0.15, -0.1) is 0 Å². The highest BCUT2D eigenvalue weighted by Gasteiger charge is 2.32. The lowest BCUT2D eigenvalue weighted by Gasteiger charge is -2.36. The highest BCUT2D eigenvalue weighted by molar-refractivity contribution is 6.35. The van der Waals surface area contributed by atoms with Gasteiger partial charge in [0, 0.05) is 36.2 Å². The maximum atomic E-state index is 13.1. The van der Waals surface area contributed by atoms with Crippen LogP contribution in [-0.2, 0) is 6.18 Å². The normalized spacial score (nSPS) is 17.5. The molecular formula is C18H17Cl2F3N2. The third-order valence-electron chi connectivity index (χ3n) is 4.30. The molecule has 1 aliphatic rings. The molecule has 1 heterocycles. The fourth-order valence-corrected chi connectivity index (χ4v) is 3.65. The van der Waals surface area contributed by atoms with Crippen LogP contribution in [0.1, 0.15) is 22.7 Å². The van der Waals surface area contributed by atoms with Crippen LogP contribution < -0.4 is 5.32 Å². The molecule has 1 unspecified atom stereocenters. The molecule has 134 valence electrons. The second kappa shape index (κ2) is 7.54. The van der Waals surface area contributed by atoms with Crippen LogP contribution in [0.15, 0.2) is 42.5 Å². The molecule has 1 N–H and O–H groups in total. The van der Waals surface area contributed by atoms with Gasteiger partial charge in [-0.3, -0.25) is 4.90 Å². The van der Waals surface area contributed by atoms with Gasteiger partial charge in [0.15, 0.2) is 0 Å². The lowest BCUT2D eigenvalue weighted by molar-refractivity contribution is -0.137. The van der Waals surface area contributed by atoms with Gasteiger partial charge < -0.3 is 5.32 Å². The highest BCUT2D eigenvalue weighted by Crippen LogP contribution is 2.37. The van der Waals surface area contributed by atoms with Crippen LogP contribution in [0, 0.1) is 0 Å². The van der Waals surface area contributed by atoms with Crippen molar-refractivity contribution in [2.45, 2.75) is 12.2 Å². The Morgan fingerprint density at radius 3 is 2.36 bits per heavy atom. The van der Waals surface area contributed by atoms with Gasteiger partial charge >= 0.3 is 6.18 Å². The van der Waals surface area contributed by atoms with E-state index in [-0.39, 0.29) is 6.04 Å². The average molecular weight is 389 g/mol. The molecule has 0 radical (unpaired) electrons. The first kappa shape index (κ1) is 18.5. The molecule has 2 nitrogen and oxygen atoms in total. The van der Waals surface area contributed by atoms with E-state index < -0.39 is 11.7 Å². The number of rotatable bonds is 3. The Hall–Kier alpha value is -1.27. The van der Waals surface area contributed by atoms with Crippen molar-refractivity contribution in [1.82, 2.24) is 10.2 Å². The first-order valence-electron chi connectivity index (χ1n) is 7.93. The summed E-state index contributed by atoms with van der Waals surface area (Å²) in [5, 5.41) is 4.21. The Kier molecular flexibility index (Phi) is 5.58. The smallest absolute Gasteiger partial charge is 0.314 e. The van der Waals surface area contributed by atoms with Crippen LogP contribution in [0.25, 0.3) is 0 Å². The van der Waals surface area contributed by atoms with Crippen molar-refractivity contribution in [3.63, 3.8) is 0 Å². The van der Waals surface area contributed by atoms with E-state index in [0.29, 0.717) is 15.6 Å². The lowest BCUT2D eigenvalue weighted by Crippen LogP contribution is -2.45. The zero-order valence-corrected chi connectivity index (χ0v) is 14.8. The predicted octanol–water partition coefficient (Wildman–Crippen LogP) is 5.01. The Labute approximate surface area is 154 Å². The standard InChI is InChI=1S/C18H17Cl2F3N2/c19-14-4-5-15(16(20)11-14)17(25-8-6-24-7-9-25)12-2-1-3-13(10-12)18(21,22)23/h1-5,10-11,17,24H,6-9H2. The summed E-state index contributed by atoms with van der Waals surface area (Å²) in [6, 6.07) is 10.2. The molecule has 1 fully saturated rings. The molecule has 1 atom stereocenters. The second-order valence-electron chi connectivity index (χ2n) is 5.98. The SMILES string of the molecule is FC(F)(F)c1cccc(C(c2ccc(Cl)cc2Cl)N2CCNCC2)c1. The van der Waals surface area contributed by atoms with Crippen LogP contribution in [0.3, 0.4) is 0 Å². The average Bonchev–Trinajstić information content (AvgIpc) is 2.58. The van der Waals surface area contributed by atoms with E-state index in [1.807, 2.05) is 0 Å². The van der Waals surface area contributed by atoms with Crippen molar-refractivity contribution < 1.29 is 13.2 Å². The minimum absolute atomic E-state index is 0.353. The Morgan fingerprint density at radius 2 is 1.72 bits per heavy atom. The van der Waals surface area contributed by atoms with E-state index in [2.05, 4.69) is 10.2 Å². The number of nitrogens with one attached hydrogen (secondary N) is 1. The van der Waals surface area contributed by atoms with Gasteiger partial charge in [0.1, 0.15) is 0 Å². The van der Waals surface area contributed by atoms with Crippen molar-refractivity contribution in [2.75, 3.05) is 26.2 Å². The van der Waals surface area contributed by atoms with Crippen molar-refractivity contribution in [2.24, 2.45) is 0 Å². The van der Waals surface area contributed by atoms with Gasteiger partial charge in [-0.05, 0) is 35.4 Å². The van der Waals surface area contributed by atoms with Crippen molar-refractivity contribution >= 4 is 23.2 Å². The van der Waals surface area contributed by atoms with Gasteiger partial charge in [0.05, 0.1) is 11.6 Å². The van der Waals surface area contributed by atoms with Crippen molar-refractivity contribution in [3.05, 3.63) is 69.2 Å². The minimum Gasteiger partial charge on any atom is -0.314 e. The quantitative estimate of drug-likeness (QED) is 0.794. The summed E-state index contributed by atoms with van der Waals surface area (Å²) in [4.78, 5) is 2.14. The number of benzene rings is 2. The summed E-state index contributed by atoms with van der Waals surface area (Å²) in [7, 11) is 0. The van der Waals surface area contributed by atoms with Crippen LogP contribution in [0.5, 0.6) is 0 Å². The molecule has 2 aromatic carbocycles. The molecule has 1 aliphatic heterocycles. The van der Waals surface area contributed by atoms with Gasteiger partial charge in [-0.1, -0.05) is 41.4 Å². The van der Waals surface area contributed by atoms with Crippen LogP contribution in [-0.4, -0.2) is 31.1 Å². The van der Waals surface area contributed by atoms with E-state index >= 15 is 0 Å². The second-order valence-corrected chi connectivity index (χ2v) is 6.82. The van der Waals surface area contributed by atoms with Crippen molar-refractivity contribution in [3.8, 4) is 0 Å². The largest absolute Gasteiger partial charge is 0.416 e. The minimum atomic E-state index is -4.38. The molecule has 3 rings (SSSR count). The zero-order chi connectivity index (χ0) is 18.0. The Morgan fingerprint density at radius 1 is 1.00 bits per heavy atom. The third-order valence-corrected chi connectivity index (χ3v) is 4.87. The molecule has 0 saturated carbocycles. The van der Waals surface area contributed by atoms with E-state index in [1.165, 1.54) is 12.1 Å². The van der Waals surface area contributed by atoms with E-state index in [9.17, 15) is 13.2 Å². The maximum absolute atomic E-state index is 13.1. The molecular weight excluding hydrogens is 372 g/mol. The van der Waals surface area contributed by atoms with E-state index in [1.54, 1.807) is 24.3 Å².